The van der Waals surface area contributed by atoms with Crippen molar-refractivity contribution in [2.75, 3.05) is 0 Å². The minimum absolute atomic E-state index is 0.158. The molecule has 0 unspecified atom stereocenters. The zero-order chi connectivity index (χ0) is 15.7. The molecule has 0 saturated carbocycles. The summed E-state index contributed by atoms with van der Waals surface area (Å²) in [5.74, 6) is -1.87. The fourth-order valence-electron chi connectivity index (χ4n) is 1.70. The molecule has 21 heavy (non-hydrogen) atoms. The third kappa shape index (κ3) is 3.23. The molecule has 0 aromatic heterocycles. The standard InChI is InChI=1S/C13H9Cl2NO3S2/c1-6(12(18)19)16-11(17)10(21-13(16)20)5-7-8(14)3-2-4-9(7)15/h2-6H,1H3,(H,18,19)/p-1/b10-5-/t6-/m0/s1. The summed E-state index contributed by atoms with van der Waals surface area (Å²) in [5, 5.41) is 11.7. The Morgan fingerprint density at radius 3 is 2.52 bits per heavy atom. The minimum Gasteiger partial charge on any atom is -0.548 e. The molecule has 1 saturated heterocycles. The Morgan fingerprint density at radius 2 is 2.00 bits per heavy atom. The number of nitrogens with zero attached hydrogens (tertiary/aromatic N) is 1. The number of carbonyl (C=O) groups is 2. The number of carbonyl (C=O) groups excluding carboxylic acids is 2. The normalized spacial score (nSPS) is 18.4. The van der Waals surface area contributed by atoms with Gasteiger partial charge in [-0.15, -0.1) is 0 Å². The first-order valence-electron chi connectivity index (χ1n) is 5.75. The summed E-state index contributed by atoms with van der Waals surface area (Å²) >= 11 is 18.1. The molecule has 8 heteroatoms. The van der Waals surface area contributed by atoms with Crippen LogP contribution in [0.5, 0.6) is 0 Å². The second kappa shape index (κ2) is 6.36. The lowest BCUT2D eigenvalue weighted by molar-refractivity contribution is -0.309. The van der Waals surface area contributed by atoms with Gasteiger partial charge in [-0.25, -0.2) is 0 Å². The molecule has 1 atom stereocenters. The number of carboxylic acids is 1. The van der Waals surface area contributed by atoms with Gasteiger partial charge in [0.1, 0.15) is 4.32 Å². The first-order valence-corrected chi connectivity index (χ1v) is 7.73. The van der Waals surface area contributed by atoms with Gasteiger partial charge in [-0.2, -0.15) is 0 Å². The number of rotatable bonds is 3. The van der Waals surface area contributed by atoms with Crippen LogP contribution in [0.3, 0.4) is 0 Å². The zero-order valence-corrected chi connectivity index (χ0v) is 13.8. The molecule has 1 aromatic rings. The number of hydrogen-bond acceptors (Lipinski definition) is 5. The smallest absolute Gasteiger partial charge is 0.266 e. The molecule has 0 spiro atoms. The average Bonchev–Trinajstić information content (AvgIpc) is 2.68. The van der Waals surface area contributed by atoms with Crippen molar-refractivity contribution in [2.45, 2.75) is 13.0 Å². The highest BCUT2D eigenvalue weighted by Crippen LogP contribution is 2.36. The van der Waals surface area contributed by atoms with Gasteiger partial charge in [0.2, 0.25) is 0 Å². The van der Waals surface area contributed by atoms with E-state index in [1.807, 2.05) is 0 Å². The first-order chi connectivity index (χ1) is 9.82. The van der Waals surface area contributed by atoms with Crippen LogP contribution in [0.2, 0.25) is 10.0 Å². The number of halogens is 2. The zero-order valence-electron chi connectivity index (χ0n) is 10.6. The third-order valence-corrected chi connectivity index (χ3v) is 4.82. The molecule has 0 aliphatic carbocycles. The first kappa shape index (κ1) is 16.3. The van der Waals surface area contributed by atoms with E-state index >= 15 is 0 Å². The molecule has 1 amide bonds. The van der Waals surface area contributed by atoms with Crippen molar-refractivity contribution in [3.63, 3.8) is 0 Å². The summed E-state index contributed by atoms with van der Waals surface area (Å²) in [5.41, 5.74) is 0.488. The monoisotopic (exact) mass is 360 g/mol. The molecular weight excluding hydrogens is 353 g/mol. The summed E-state index contributed by atoms with van der Waals surface area (Å²) in [7, 11) is 0. The van der Waals surface area contributed by atoms with E-state index in [4.69, 9.17) is 35.4 Å². The van der Waals surface area contributed by atoms with Gasteiger partial charge in [-0.1, -0.05) is 53.2 Å². The van der Waals surface area contributed by atoms with Gasteiger partial charge in [-0.3, -0.25) is 9.69 Å². The van der Waals surface area contributed by atoms with E-state index in [9.17, 15) is 14.7 Å². The Bertz CT molecular complexity index is 655. The van der Waals surface area contributed by atoms with Crippen molar-refractivity contribution in [1.29, 1.82) is 0 Å². The van der Waals surface area contributed by atoms with Crippen LogP contribution in [0.25, 0.3) is 6.08 Å². The third-order valence-electron chi connectivity index (χ3n) is 2.83. The number of amides is 1. The molecule has 1 heterocycles. The van der Waals surface area contributed by atoms with Crippen LogP contribution in [-0.2, 0) is 9.59 Å². The second-order valence-corrected chi connectivity index (χ2v) is 6.67. The SMILES string of the molecule is C[C@@H](C(=O)[O-])N1C(=O)/C(=C/c2c(Cl)cccc2Cl)SC1=S. The number of benzene rings is 1. The molecular formula is C13H8Cl2NO3S2-. The van der Waals surface area contributed by atoms with Gasteiger partial charge in [0.25, 0.3) is 5.91 Å². The minimum atomic E-state index is -1.37. The number of thioether (sulfide) groups is 1. The van der Waals surface area contributed by atoms with Gasteiger partial charge in [0.05, 0.1) is 16.9 Å². The highest BCUT2D eigenvalue weighted by Gasteiger charge is 2.36. The van der Waals surface area contributed by atoms with Crippen molar-refractivity contribution in [2.24, 2.45) is 0 Å². The Morgan fingerprint density at radius 1 is 1.43 bits per heavy atom. The molecule has 2 rings (SSSR count). The Hall–Kier alpha value is -1.08. The van der Waals surface area contributed by atoms with Gasteiger partial charge in [0.15, 0.2) is 0 Å². The van der Waals surface area contributed by atoms with Crippen LogP contribution >= 0.6 is 47.2 Å². The van der Waals surface area contributed by atoms with E-state index in [1.54, 1.807) is 18.2 Å². The Balaban J connectivity index is 2.39. The summed E-state index contributed by atoms with van der Waals surface area (Å²) in [6, 6.07) is 3.84. The molecule has 1 fully saturated rings. The van der Waals surface area contributed by atoms with E-state index in [0.29, 0.717) is 15.6 Å². The maximum atomic E-state index is 12.3. The molecule has 0 radical (unpaired) electrons. The van der Waals surface area contributed by atoms with Gasteiger partial charge in [0, 0.05) is 15.6 Å². The number of hydrogen-bond donors (Lipinski definition) is 0. The lowest BCUT2D eigenvalue weighted by atomic mass is 10.2. The van der Waals surface area contributed by atoms with E-state index in [1.165, 1.54) is 13.0 Å². The molecule has 0 bridgehead atoms. The van der Waals surface area contributed by atoms with Crippen molar-refractivity contribution in [3.05, 3.63) is 38.7 Å². The fraction of sp³-hybridized carbons (Fsp3) is 0.154. The maximum absolute atomic E-state index is 12.3. The average molecular weight is 361 g/mol. The number of aliphatic carboxylic acids is 1. The van der Waals surface area contributed by atoms with Crippen LogP contribution < -0.4 is 5.11 Å². The topological polar surface area (TPSA) is 60.4 Å². The largest absolute Gasteiger partial charge is 0.548 e. The molecule has 110 valence electrons. The highest BCUT2D eigenvalue weighted by atomic mass is 35.5. The number of carboxylic acid groups (broad SMARTS) is 1. The van der Waals surface area contributed by atoms with E-state index < -0.39 is 17.9 Å². The van der Waals surface area contributed by atoms with E-state index in [0.717, 1.165) is 16.7 Å². The van der Waals surface area contributed by atoms with Crippen LogP contribution in [0.15, 0.2) is 23.1 Å². The lowest BCUT2D eigenvalue weighted by Gasteiger charge is -2.23. The van der Waals surface area contributed by atoms with Gasteiger partial charge >= 0.3 is 0 Å². The van der Waals surface area contributed by atoms with Crippen LogP contribution in [-0.4, -0.2) is 27.1 Å². The van der Waals surface area contributed by atoms with Gasteiger partial charge in [-0.05, 0) is 25.1 Å². The fourth-order valence-corrected chi connectivity index (χ4v) is 3.61. The predicted octanol–water partition coefficient (Wildman–Crippen LogP) is 2.33. The number of thiocarbonyl (C=S) groups is 1. The Kier molecular flexibility index (Phi) is 4.93. The molecule has 1 aromatic carbocycles. The highest BCUT2D eigenvalue weighted by molar-refractivity contribution is 8.26. The van der Waals surface area contributed by atoms with E-state index in [2.05, 4.69) is 0 Å². The maximum Gasteiger partial charge on any atom is 0.266 e. The van der Waals surface area contributed by atoms with Crippen molar-refractivity contribution < 1.29 is 14.7 Å². The quantitative estimate of drug-likeness (QED) is 0.611. The van der Waals surface area contributed by atoms with Crippen molar-refractivity contribution >= 4 is 69.5 Å². The molecule has 0 N–H and O–H groups in total. The summed E-state index contributed by atoms with van der Waals surface area (Å²) in [6.07, 6.45) is 1.51. The molecule has 1 aliphatic rings. The van der Waals surface area contributed by atoms with Crippen LogP contribution in [0, 0.1) is 0 Å². The van der Waals surface area contributed by atoms with Crippen LogP contribution in [0.1, 0.15) is 12.5 Å². The lowest BCUT2D eigenvalue weighted by Crippen LogP contribution is -2.48. The summed E-state index contributed by atoms with van der Waals surface area (Å²) < 4.78 is 0.158. The van der Waals surface area contributed by atoms with Gasteiger partial charge < -0.3 is 9.90 Å². The Labute approximate surface area is 140 Å². The van der Waals surface area contributed by atoms with Crippen LogP contribution in [0.4, 0.5) is 0 Å². The summed E-state index contributed by atoms with van der Waals surface area (Å²) in [4.78, 5) is 24.4. The molecule has 4 nitrogen and oxygen atoms in total. The summed E-state index contributed by atoms with van der Waals surface area (Å²) in [6.45, 7) is 1.34. The predicted molar refractivity (Wildman–Crippen MR) is 85.9 cm³/mol. The molecule has 1 aliphatic heterocycles. The van der Waals surface area contributed by atoms with E-state index in [-0.39, 0.29) is 9.23 Å². The van der Waals surface area contributed by atoms with Crippen molar-refractivity contribution in [1.82, 2.24) is 4.90 Å². The van der Waals surface area contributed by atoms with Crippen molar-refractivity contribution in [3.8, 4) is 0 Å². The second-order valence-electron chi connectivity index (χ2n) is 4.18.